The summed E-state index contributed by atoms with van der Waals surface area (Å²) in [7, 11) is 0. The summed E-state index contributed by atoms with van der Waals surface area (Å²) >= 11 is 0. The van der Waals surface area contributed by atoms with Crippen molar-refractivity contribution in [3.05, 3.63) is 399 Å². The molecule has 16 aromatic carbocycles. The highest BCUT2D eigenvalue weighted by Gasteiger charge is 2.50. The van der Waals surface area contributed by atoms with E-state index in [2.05, 4.69) is 459 Å². The van der Waals surface area contributed by atoms with Crippen molar-refractivity contribution in [1.82, 2.24) is 0 Å². The molecular weight excluding hydrogens is 1350 g/mol. The van der Waals surface area contributed by atoms with Crippen LogP contribution in [0.25, 0.3) is 33.4 Å². The van der Waals surface area contributed by atoms with Gasteiger partial charge in [0.05, 0.1) is 28.4 Å². The molecule has 112 heavy (non-hydrogen) atoms. The number of fused-ring (bicyclic) bond motifs is 8. The molecule has 0 unspecified atom stereocenters. The Labute approximate surface area is 658 Å². The Hall–Kier alpha value is -13.6. The molecule has 0 bridgehead atoms. The van der Waals surface area contributed by atoms with Crippen molar-refractivity contribution < 1.29 is 0 Å². The van der Waals surface area contributed by atoms with Crippen molar-refractivity contribution in [1.29, 1.82) is 0 Å². The molecule has 0 aromatic heterocycles. The zero-order chi connectivity index (χ0) is 75.3. The van der Waals surface area contributed by atoms with E-state index in [9.17, 15) is 0 Å². The molecule has 6 nitrogen and oxygen atoms in total. The molecule has 16 aromatic rings. The second-order valence-electron chi connectivity index (χ2n) is 32.0. The van der Waals surface area contributed by atoms with Gasteiger partial charge in [-0.3, -0.25) is 0 Å². The van der Waals surface area contributed by atoms with Gasteiger partial charge in [0.1, 0.15) is 0 Å². The Morgan fingerprint density at radius 3 is 0.982 bits per heavy atom. The minimum absolute atomic E-state index is 0.0192. The summed E-state index contributed by atoms with van der Waals surface area (Å²) in [6.45, 7) is 13.3. The van der Waals surface area contributed by atoms with Crippen LogP contribution in [-0.2, 0) is 10.8 Å². The van der Waals surface area contributed by atoms with E-state index >= 15 is 0 Å². The standard InChI is InChI=1S/C104H82B2N6/c1-103(2,3)74-61-57-72(58-62-74)84-48-25-30-52-90(84)108(78-41-19-10-20-42-78)82-67-99-102-100(68-82)112(92-54-32-26-47-83(92)71-35-13-7-14-36-71)96-70-95-88(69-89(96)106(102)87-51-29-34-56-94(87)111(99)91-53-31-27-49-85(91)73-59-63-75(64-60-73)104(4,5)6)105-86-50-28-33-55-93(86)109(79-43-21-11-22-44-79)97-65-81(66-98(101(97)105)110(95)80-45-23-12-24-46-80)107(76-37-15-8-16-38-76)77-39-17-9-18-40-77/h7-70H,1-6H3. The zero-order valence-corrected chi connectivity index (χ0v) is 63.8. The van der Waals surface area contributed by atoms with Crippen LogP contribution >= 0.6 is 0 Å². The highest BCUT2D eigenvalue weighted by molar-refractivity contribution is 7.03. The van der Waals surface area contributed by atoms with Gasteiger partial charge < -0.3 is 29.4 Å². The Bertz CT molecular complexity index is 6200. The maximum Gasteiger partial charge on any atom is 0.252 e. The molecule has 0 aliphatic carbocycles. The van der Waals surface area contributed by atoms with Gasteiger partial charge in [0, 0.05) is 90.6 Å². The number of rotatable bonds is 13. The lowest BCUT2D eigenvalue weighted by molar-refractivity contribution is 0.590. The molecule has 20 rings (SSSR count). The number of para-hydroxylation sites is 10. The molecule has 534 valence electrons. The van der Waals surface area contributed by atoms with Crippen LogP contribution in [0.5, 0.6) is 0 Å². The predicted octanol–water partition coefficient (Wildman–Crippen LogP) is 24.4. The molecule has 0 amide bonds. The van der Waals surface area contributed by atoms with E-state index in [1.807, 2.05) is 0 Å². The first-order valence-electron chi connectivity index (χ1n) is 39.2. The molecule has 0 spiro atoms. The minimum Gasteiger partial charge on any atom is -0.311 e. The molecule has 4 heterocycles. The van der Waals surface area contributed by atoms with Crippen LogP contribution < -0.4 is 62.2 Å². The molecule has 0 N–H and O–H groups in total. The van der Waals surface area contributed by atoms with Crippen LogP contribution in [-0.4, -0.2) is 13.4 Å². The Morgan fingerprint density at radius 2 is 0.527 bits per heavy atom. The molecule has 4 aliphatic rings. The lowest BCUT2D eigenvalue weighted by atomic mass is 9.30. The second-order valence-corrected chi connectivity index (χ2v) is 32.0. The summed E-state index contributed by atoms with van der Waals surface area (Å²) in [5.41, 5.74) is 36.3. The first-order valence-corrected chi connectivity index (χ1v) is 39.2. The molecule has 4 aliphatic heterocycles. The van der Waals surface area contributed by atoms with Gasteiger partial charge in [-0.25, -0.2) is 0 Å². The maximum atomic E-state index is 2.67. The minimum atomic E-state index is -0.276. The van der Waals surface area contributed by atoms with E-state index in [1.54, 1.807) is 0 Å². The predicted molar refractivity (Wildman–Crippen MR) is 478 cm³/mol. The fourth-order valence-corrected chi connectivity index (χ4v) is 18.1. The quantitative estimate of drug-likeness (QED) is 0.106. The molecular formula is C104H82B2N6. The van der Waals surface area contributed by atoms with Crippen LogP contribution in [0.4, 0.5) is 102 Å². The second kappa shape index (κ2) is 27.2. The average Bonchev–Trinajstić information content (AvgIpc) is 0.682. The summed E-state index contributed by atoms with van der Waals surface area (Å²) in [4.78, 5) is 15.4. The van der Waals surface area contributed by atoms with Crippen molar-refractivity contribution in [2.75, 3.05) is 29.4 Å². The summed E-state index contributed by atoms with van der Waals surface area (Å²) in [6.07, 6.45) is 0. The van der Waals surface area contributed by atoms with Crippen molar-refractivity contribution >= 4 is 149 Å². The SMILES string of the molecule is CC(C)(C)c1ccc(-c2ccccc2N(c2ccccc2)c2cc3c4c(c2)N(c2ccccc2-c2ccccc2)c2cc5c(cc2B4c2ccccc2N3c2ccccc2-c2ccc(C(C)(C)C)cc2)B2c3ccccc3N(c3ccccc3)c3cc(N(c4ccccc4)c4ccccc4)cc(c32)N5c2ccccc2)cc1. The van der Waals surface area contributed by atoms with Crippen molar-refractivity contribution in [2.45, 2.75) is 52.4 Å². The number of hydrogen-bond acceptors (Lipinski definition) is 6. The third-order valence-corrected chi connectivity index (χ3v) is 23.3. The maximum absolute atomic E-state index is 2.67. The number of nitrogens with zero attached hydrogens (tertiary/aromatic N) is 6. The van der Waals surface area contributed by atoms with Crippen molar-refractivity contribution in [3.8, 4) is 33.4 Å². The fourth-order valence-electron chi connectivity index (χ4n) is 18.1. The van der Waals surface area contributed by atoms with Crippen LogP contribution in [0, 0.1) is 0 Å². The zero-order valence-electron chi connectivity index (χ0n) is 63.8. The lowest BCUT2D eigenvalue weighted by Crippen LogP contribution is -2.65. The molecule has 0 atom stereocenters. The van der Waals surface area contributed by atoms with Crippen LogP contribution in [0.15, 0.2) is 388 Å². The van der Waals surface area contributed by atoms with Gasteiger partial charge in [-0.15, -0.1) is 0 Å². The van der Waals surface area contributed by atoms with E-state index in [4.69, 9.17) is 0 Å². The van der Waals surface area contributed by atoms with Crippen LogP contribution in [0.2, 0.25) is 0 Å². The van der Waals surface area contributed by atoms with Gasteiger partial charge >= 0.3 is 0 Å². The third-order valence-electron chi connectivity index (χ3n) is 23.3. The van der Waals surface area contributed by atoms with Crippen LogP contribution in [0.3, 0.4) is 0 Å². The topological polar surface area (TPSA) is 19.4 Å². The molecule has 0 fully saturated rings. The number of benzene rings is 16. The first kappa shape index (κ1) is 67.8. The van der Waals surface area contributed by atoms with E-state index in [1.165, 1.54) is 43.9 Å². The van der Waals surface area contributed by atoms with Crippen molar-refractivity contribution in [3.63, 3.8) is 0 Å². The Morgan fingerprint density at radius 1 is 0.214 bits per heavy atom. The fraction of sp³-hybridized carbons (Fsp3) is 0.0769. The van der Waals surface area contributed by atoms with E-state index in [0.29, 0.717) is 0 Å². The first-order chi connectivity index (χ1) is 54.9. The number of anilines is 18. The molecule has 8 heteroatoms. The van der Waals surface area contributed by atoms with Gasteiger partial charge in [-0.1, -0.05) is 308 Å². The molecule has 0 saturated carbocycles. The van der Waals surface area contributed by atoms with E-state index in [-0.39, 0.29) is 24.3 Å². The lowest BCUT2D eigenvalue weighted by Gasteiger charge is -2.48. The third kappa shape index (κ3) is 11.4. The van der Waals surface area contributed by atoms with E-state index in [0.717, 1.165) is 136 Å². The van der Waals surface area contributed by atoms with Gasteiger partial charge in [-0.2, -0.15) is 0 Å². The Kier molecular flexibility index (Phi) is 16.5. The molecule has 0 radical (unpaired) electrons. The highest BCUT2D eigenvalue weighted by atomic mass is 15.2. The Balaban J connectivity index is 0.921. The summed E-state index contributed by atoms with van der Waals surface area (Å²) in [5, 5.41) is 0. The van der Waals surface area contributed by atoms with Crippen LogP contribution in [0.1, 0.15) is 52.7 Å². The summed E-state index contributed by atoms with van der Waals surface area (Å²) in [5.74, 6) is 0. The van der Waals surface area contributed by atoms with Crippen molar-refractivity contribution in [2.24, 2.45) is 0 Å². The average molecular weight is 1440 g/mol. The monoisotopic (exact) mass is 1440 g/mol. The molecule has 0 saturated heterocycles. The highest BCUT2D eigenvalue weighted by Crippen LogP contribution is 2.55. The summed E-state index contributed by atoms with van der Waals surface area (Å²) < 4.78 is 0. The normalized spacial score (nSPS) is 13.0. The van der Waals surface area contributed by atoms with Gasteiger partial charge in [-0.05, 0) is 193 Å². The van der Waals surface area contributed by atoms with E-state index < -0.39 is 0 Å². The van der Waals surface area contributed by atoms with Gasteiger partial charge in [0.15, 0.2) is 0 Å². The summed E-state index contributed by atoms with van der Waals surface area (Å²) in [6, 6.07) is 146. The number of hydrogen-bond donors (Lipinski definition) is 0. The smallest absolute Gasteiger partial charge is 0.252 e. The largest absolute Gasteiger partial charge is 0.311 e. The van der Waals surface area contributed by atoms with Gasteiger partial charge in [0.2, 0.25) is 0 Å². The van der Waals surface area contributed by atoms with Gasteiger partial charge in [0.25, 0.3) is 13.4 Å².